The molecule has 0 bridgehead atoms. The smallest absolute Gasteiger partial charge is 0.115 e. The van der Waals surface area contributed by atoms with Crippen molar-refractivity contribution in [3.8, 4) is 0 Å². The van der Waals surface area contributed by atoms with Gasteiger partial charge in [-0.05, 0) is 13.8 Å². The van der Waals surface area contributed by atoms with Gasteiger partial charge in [0.2, 0.25) is 0 Å². The van der Waals surface area contributed by atoms with E-state index in [9.17, 15) is 25.5 Å². The van der Waals surface area contributed by atoms with Crippen molar-refractivity contribution in [2.45, 2.75) is 56.6 Å². The van der Waals surface area contributed by atoms with Crippen molar-refractivity contribution in [1.29, 1.82) is 0 Å². The molecule has 0 aliphatic heterocycles. The van der Waals surface area contributed by atoms with E-state index in [0.29, 0.717) is 0 Å². The molecule has 0 aromatic rings. The van der Waals surface area contributed by atoms with Gasteiger partial charge >= 0.3 is 0 Å². The fourth-order valence-electron chi connectivity index (χ4n) is 1.67. The molecule has 90 valence electrons. The summed E-state index contributed by atoms with van der Waals surface area (Å²) in [7, 11) is 0. The number of hydrogen-bond donors (Lipinski definition) is 5. The summed E-state index contributed by atoms with van der Waals surface area (Å²) in [6.07, 6.45) is -8.81. The van der Waals surface area contributed by atoms with Gasteiger partial charge in [-0.3, -0.25) is 0 Å². The van der Waals surface area contributed by atoms with Crippen LogP contribution in [0.5, 0.6) is 0 Å². The van der Waals surface area contributed by atoms with Gasteiger partial charge in [0.05, 0.1) is 6.10 Å². The van der Waals surface area contributed by atoms with E-state index in [1.165, 1.54) is 0 Å². The third-order valence-corrected chi connectivity index (χ3v) is 2.50. The third-order valence-electron chi connectivity index (χ3n) is 2.50. The van der Waals surface area contributed by atoms with Gasteiger partial charge < -0.3 is 30.3 Å². The third kappa shape index (κ3) is 2.47. The van der Waals surface area contributed by atoms with E-state index >= 15 is 0 Å². The fraction of sp³-hybridized carbons (Fsp3) is 1.00. The standard InChI is InChI=1S/C9H18O6/c1-3(2)15-9-7(13)5(11)4(10)6(12)8(9)14/h3-14H,1-2H3/t4-,5+,6?,7?,8?,9+/m1/s1. The number of rotatable bonds is 2. The van der Waals surface area contributed by atoms with E-state index in [1.54, 1.807) is 13.8 Å². The van der Waals surface area contributed by atoms with Crippen LogP contribution in [0.1, 0.15) is 13.8 Å². The van der Waals surface area contributed by atoms with Crippen molar-refractivity contribution in [1.82, 2.24) is 0 Å². The van der Waals surface area contributed by atoms with Crippen LogP contribution in [-0.4, -0.2) is 68.3 Å². The molecule has 6 atom stereocenters. The van der Waals surface area contributed by atoms with Gasteiger partial charge in [-0.1, -0.05) is 0 Å². The molecule has 0 saturated heterocycles. The Kier molecular flexibility index (Phi) is 4.05. The first kappa shape index (κ1) is 12.8. The molecule has 1 rings (SSSR count). The lowest BCUT2D eigenvalue weighted by Gasteiger charge is -2.42. The van der Waals surface area contributed by atoms with E-state index in [1.807, 2.05) is 0 Å². The van der Waals surface area contributed by atoms with Crippen LogP contribution in [0.25, 0.3) is 0 Å². The number of hydrogen-bond acceptors (Lipinski definition) is 6. The average Bonchev–Trinajstić information content (AvgIpc) is 2.18. The normalized spacial score (nSPS) is 47.2. The Bertz CT molecular complexity index is 193. The van der Waals surface area contributed by atoms with Crippen molar-refractivity contribution in [2.75, 3.05) is 0 Å². The van der Waals surface area contributed by atoms with Crippen LogP contribution in [0.2, 0.25) is 0 Å². The second-order valence-corrected chi connectivity index (χ2v) is 4.10. The lowest BCUT2D eigenvalue weighted by molar-refractivity contribution is -0.242. The van der Waals surface area contributed by atoms with E-state index in [-0.39, 0.29) is 6.10 Å². The van der Waals surface area contributed by atoms with Crippen molar-refractivity contribution in [2.24, 2.45) is 0 Å². The molecule has 0 amide bonds. The summed E-state index contributed by atoms with van der Waals surface area (Å²) in [6, 6.07) is 0. The van der Waals surface area contributed by atoms with E-state index < -0.39 is 36.6 Å². The molecular weight excluding hydrogens is 204 g/mol. The van der Waals surface area contributed by atoms with E-state index in [0.717, 1.165) is 0 Å². The van der Waals surface area contributed by atoms with Crippen molar-refractivity contribution < 1.29 is 30.3 Å². The number of aliphatic hydroxyl groups excluding tert-OH is 5. The number of aliphatic hydroxyl groups is 5. The van der Waals surface area contributed by atoms with Gasteiger partial charge in [-0.25, -0.2) is 0 Å². The van der Waals surface area contributed by atoms with Crippen LogP contribution in [0, 0.1) is 0 Å². The minimum absolute atomic E-state index is 0.269. The molecule has 0 heterocycles. The minimum Gasteiger partial charge on any atom is -0.387 e. The highest BCUT2D eigenvalue weighted by molar-refractivity contribution is 4.99. The Morgan fingerprint density at radius 3 is 1.40 bits per heavy atom. The number of ether oxygens (including phenoxy) is 1. The Morgan fingerprint density at radius 2 is 1.07 bits per heavy atom. The zero-order valence-corrected chi connectivity index (χ0v) is 8.69. The summed E-state index contributed by atoms with van der Waals surface area (Å²) in [5, 5.41) is 47.1. The highest BCUT2D eigenvalue weighted by atomic mass is 16.5. The van der Waals surface area contributed by atoms with Gasteiger partial charge in [0.25, 0.3) is 0 Å². The molecule has 0 spiro atoms. The first-order valence-electron chi connectivity index (χ1n) is 4.92. The topological polar surface area (TPSA) is 110 Å². The molecule has 1 saturated carbocycles. The first-order valence-corrected chi connectivity index (χ1v) is 4.92. The summed E-state index contributed by atoms with van der Waals surface area (Å²) < 4.78 is 5.17. The highest BCUT2D eigenvalue weighted by Gasteiger charge is 2.49. The largest absolute Gasteiger partial charge is 0.387 e. The van der Waals surface area contributed by atoms with Crippen molar-refractivity contribution in [3.63, 3.8) is 0 Å². The van der Waals surface area contributed by atoms with Gasteiger partial charge in [-0.15, -0.1) is 0 Å². The average molecular weight is 222 g/mol. The molecule has 6 heteroatoms. The van der Waals surface area contributed by atoms with Gasteiger partial charge in [0, 0.05) is 0 Å². The lowest BCUT2D eigenvalue weighted by atomic mass is 9.85. The maximum atomic E-state index is 9.54. The lowest BCUT2D eigenvalue weighted by Crippen LogP contribution is -2.64. The molecule has 1 aliphatic rings. The predicted molar refractivity (Wildman–Crippen MR) is 50.0 cm³/mol. The van der Waals surface area contributed by atoms with Crippen molar-refractivity contribution >= 4 is 0 Å². The van der Waals surface area contributed by atoms with Crippen LogP contribution in [-0.2, 0) is 4.74 Å². The Balaban J connectivity index is 2.77. The second kappa shape index (κ2) is 4.73. The monoisotopic (exact) mass is 222 g/mol. The molecule has 0 aromatic heterocycles. The quantitative estimate of drug-likeness (QED) is 0.356. The van der Waals surface area contributed by atoms with E-state index in [4.69, 9.17) is 4.74 Å². The Morgan fingerprint density at radius 1 is 0.733 bits per heavy atom. The van der Waals surface area contributed by atoms with Crippen LogP contribution < -0.4 is 0 Å². The predicted octanol–water partition coefficient (Wildman–Crippen LogP) is -2.40. The zero-order chi connectivity index (χ0) is 11.7. The molecule has 3 unspecified atom stereocenters. The molecule has 15 heavy (non-hydrogen) atoms. The molecule has 5 N–H and O–H groups in total. The Labute approximate surface area is 87.7 Å². The summed E-state index contributed by atoms with van der Waals surface area (Å²) in [5.74, 6) is 0. The van der Waals surface area contributed by atoms with Gasteiger partial charge in [0.1, 0.15) is 36.6 Å². The summed E-state index contributed by atoms with van der Waals surface area (Å²) in [6.45, 7) is 3.40. The Hall–Kier alpha value is -0.240. The summed E-state index contributed by atoms with van der Waals surface area (Å²) >= 11 is 0. The molecule has 0 radical (unpaired) electrons. The zero-order valence-electron chi connectivity index (χ0n) is 8.69. The van der Waals surface area contributed by atoms with Crippen LogP contribution in [0.15, 0.2) is 0 Å². The van der Waals surface area contributed by atoms with Gasteiger partial charge in [0.15, 0.2) is 0 Å². The first-order chi connectivity index (χ1) is 6.86. The summed E-state index contributed by atoms with van der Waals surface area (Å²) in [4.78, 5) is 0. The van der Waals surface area contributed by atoms with Gasteiger partial charge in [-0.2, -0.15) is 0 Å². The SMILES string of the molecule is CC(C)O[C@@H]1C(O)C(O)[C@H](O)[C@H](O)C1O. The second-order valence-electron chi connectivity index (χ2n) is 4.10. The molecule has 1 aliphatic carbocycles. The molecule has 1 fully saturated rings. The molecule has 0 aromatic carbocycles. The fourth-order valence-corrected chi connectivity index (χ4v) is 1.67. The summed E-state index contributed by atoms with van der Waals surface area (Å²) in [5.41, 5.74) is 0. The van der Waals surface area contributed by atoms with Crippen LogP contribution in [0.4, 0.5) is 0 Å². The molecular formula is C9H18O6. The maximum absolute atomic E-state index is 9.54. The van der Waals surface area contributed by atoms with Crippen LogP contribution in [0.3, 0.4) is 0 Å². The maximum Gasteiger partial charge on any atom is 0.115 e. The van der Waals surface area contributed by atoms with Crippen molar-refractivity contribution in [3.05, 3.63) is 0 Å². The highest BCUT2D eigenvalue weighted by Crippen LogP contribution is 2.24. The van der Waals surface area contributed by atoms with E-state index in [2.05, 4.69) is 0 Å². The van der Waals surface area contributed by atoms with Crippen LogP contribution >= 0.6 is 0 Å². The minimum atomic E-state index is -1.57. The molecule has 6 nitrogen and oxygen atoms in total.